The van der Waals surface area contributed by atoms with Crippen LogP contribution in [0.3, 0.4) is 0 Å². The van der Waals surface area contributed by atoms with Gasteiger partial charge in [-0.25, -0.2) is 4.98 Å². The Bertz CT molecular complexity index is 419. The predicted molar refractivity (Wildman–Crippen MR) is 75.7 cm³/mol. The predicted octanol–water partition coefficient (Wildman–Crippen LogP) is 3.33. The van der Waals surface area contributed by atoms with Gasteiger partial charge in [-0.05, 0) is 33.7 Å². The summed E-state index contributed by atoms with van der Waals surface area (Å²) in [6.07, 6.45) is -4.32. The number of thiazole rings is 1. The average Bonchev–Trinajstić information content (AvgIpc) is 2.73. The van der Waals surface area contributed by atoms with Crippen molar-refractivity contribution >= 4 is 11.3 Å². The molecular formula is C13H22F3N3S. The summed E-state index contributed by atoms with van der Waals surface area (Å²) in [6, 6.07) is 0. The third-order valence-corrected chi connectivity index (χ3v) is 4.68. The van der Waals surface area contributed by atoms with Crippen molar-refractivity contribution in [2.45, 2.75) is 51.4 Å². The standard InChI is InChI=1S/C13H22F3N3S/c1-10-11(20-9-18-10)7-19(3)12(2,8-17)5-4-6-13(14,15)16/h9H,4-8,17H2,1-3H3. The third kappa shape index (κ3) is 5.03. The van der Waals surface area contributed by atoms with Gasteiger partial charge >= 0.3 is 6.18 Å². The SMILES string of the molecule is Cc1ncsc1CN(C)C(C)(CN)CCCC(F)(F)F. The molecule has 1 heterocycles. The van der Waals surface area contributed by atoms with Crippen molar-refractivity contribution in [1.82, 2.24) is 9.88 Å². The second kappa shape index (κ2) is 6.87. The lowest BCUT2D eigenvalue weighted by Gasteiger charge is -2.38. The molecule has 0 saturated heterocycles. The Hall–Kier alpha value is -0.660. The number of hydrogen-bond donors (Lipinski definition) is 1. The molecule has 1 aromatic rings. The molecule has 0 saturated carbocycles. The van der Waals surface area contributed by atoms with Crippen LogP contribution in [0.25, 0.3) is 0 Å². The van der Waals surface area contributed by atoms with Crippen LogP contribution in [0.5, 0.6) is 0 Å². The van der Waals surface area contributed by atoms with Crippen LogP contribution >= 0.6 is 11.3 Å². The Labute approximate surface area is 122 Å². The number of aromatic nitrogens is 1. The second-order valence-electron chi connectivity index (χ2n) is 5.39. The molecule has 1 atom stereocenters. The molecule has 0 fully saturated rings. The van der Waals surface area contributed by atoms with Crippen molar-refractivity contribution in [3.63, 3.8) is 0 Å². The Morgan fingerprint density at radius 1 is 1.35 bits per heavy atom. The van der Waals surface area contributed by atoms with Crippen molar-refractivity contribution in [1.29, 1.82) is 0 Å². The molecule has 0 aliphatic rings. The van der Waals surface area contributed by atoms with Crippen LogP contribution in [0.2, 0.25) is 0 Å². The van der Waals surface area contributed by atoms with Gasteiger partial charge in [-0.2, -0.15) is 13.2 Å². The van der Waals surface area contributed by atoms with Crippen LogP contribution in [0.4, 0.5) is 13.2 Å². The fourth-order valence-corrected chi connectivity index (χ4v) is 2.83. The van der Waals surface area contributed by atoms with Gasteiger partial charge < -0.3 is 5.73 Å². The van der Waals surface area contributed by atoms with E-state index in [1.807, 2.05) is 25.8 Å². The first kappa shape index (κ1) is 17.4. The summed E-state index contributed by atoms with van der Waals surface area (Å²) in [6.45, 7) is 4.85. The van der Waals surface area contributed by atoms with Gasteiger partial charge in [0, 0.05) is 29.9 Å². The lowest BCUT2D eigenvalue weighted by molar-refractivity contribution is -0.136. The van der Waals surface area contributed by atoms with Gasteiger partial charge in [0.15, 0.2) is 0 Å². The number of nitrogens with two attached hydrogens (primary N) is 1. The van der Waals surface area contributed by atoms with Crippen LogP contribution in [0.15, 0.2) is 5.51 Å². The third-order valence-electron chi connectivity index (χ3n) is 3.76. The maximum atomic E-state index is 12.2. The number of aryl methyl sites for hydroxylation is 1. The molecule has 0 spiro atoms. The van der Waals surface area contributed by atoms with E-state index in [1.165, 1.54) is 0 Å². The van der Waals surface area contributed by atoms with Gasteiger partial charge in [-0.15, -0.1) is 11.3 Å². The first-order chi connectivity index (χ1) is 9.18. The van der Waals surface area contributed by atoms with E-state index in [4.69, 9.17) is 5.73 Å². The maximum absolute atomic E-state index is 12.2. The van der Waals surface area contributed by atoms with E-state index in [0.29, 0.717) is 19.5 Å². The molecule has 0 amide bonds. The molecule has 3 nitrogen and oxygen atoms in total. The first-order valence-electron chi connectivity index (χ1n) is 6.55. The quantitative estimate of drug-likeness (QED) is 0.840. The van der Waals surface area contributed by atoms with E-state index in [-0.39, 0.29) is 6.42 Å². The topological polar surface area (TPSA) is 42.2 Å². The van der Waals surface area contributed by atoms with Crippen molar-refractivity contribution in [3.05, 3.63) is 16.1 Å². The molecule has 7 heteroatoms. The van der Waals surface area contributed by atoms with E-state index in [9.17, 15) is 13.2 Å². The molecule has 0 bridgehead atoms. The Morgan fingerprint density at radius 3 is 2.45 bits per heavy atom. The van der Waals surface area contributed by atoms with Crippen LogP contribution in [-0.2, 0) is 6.54 Å². The van der Waals surface area contributed by atoms with Crippen LogP contribution in [-0.4, -0.2) is 35.2 Å². The van der Waals surface area contributed by atoms with Gasteiger partial charge in [0.25, 0.3) is 0 Å². The minimum atomic E-state index is -4.09. The molecule has 116 valence electrons. The minimum Gasteiger partial charge on any atom is -0.329 e. The first-order valence-corrected chi connectivity index (χ1v) is 7.43. The van der Waals surface area contributed by atoms with E-state index < -0.39 is 18.1 Å². The fraction of sp³-hybridized carbons (Fsp3) is 0.769. The molecule has 0 aromatic carbocycles. The zero-order valence-corrected chi connectivity index (χ0v) is 12.9. The normalized spacial score (nSPS) is 15.6. The summed E-state index contributed by atoms with van der Waals surface area (Å²) in [5.74, 6) is 0. The number of nitrogens with zero attached hydrogens (tertiary/aromatic N) is 2. The molecular weight excluding hydrogens is 287 g/mol. The van der Waals surface area contributed by atoms with Crippen molar-refractivity contribution in [2.75, 3.05) is 13.6 Å². The van der Waals surface area contributed by atoms with Gasteiger partial charge in [-0.1, -0.05) is 0 Å². The highest BCUT2D eigenvalue weighted by molar-refractivity contribution is 7.09. The summed E-state index contributed by atoms with van der Waals surface area (Å²) >= 11 is 1.56. The smallest absolute Gasteiger partial charge is 0.329 e. The van der Waals surface area contributed by atoms with Gasteiger partial charge in [0.05, 0.1) is 11.2 Å². The zero-order valence-electron chi connectivity index (χ0n) is 12.1. The fourth-order valence-electron chi connectivity index (χ4n) is 2.00. The van der Waals surface area contributed by atoms with Gasteiger partial charge in [-0.3, -0.25) is 4.90 Å². The number of alkyl halides is 3. The minimum absolute atomic E-state index is 0.100. The highest BCUT2D eigenvalue weighted by atomic mass is 32.1. The Morgan fingerprint density at radius 2 is 2.00 bits per heavy atom. The van der Waals surface area contributed by atoms with E-state index in [0.717, 1.165) is 10.6 Å². The molecule has 1 unspecified atom stereocenters. The highest BCUT2D eigenvalue weighted by Gasteiger charge is 2.32. The van der Waals surface area contributed by atoms with E-state index >= 15 is 0 Å². The number of likely N-dealkylation sites (N-methyl/N-ethyl adjacent to an activating group) is 1. The lowest BCUT2D eigenvalue weighted by atomic mass is 9.93. The zero-order chi connectivity index (χ0) is 15.4. The average molecular weight is 309 g/mol. The largest absolute Gasteiger partial charge is 0.389 e. The number of halogens is 3. The molecule has 1 rings (SSSR count). The molecule has 2 N–H and O–H groups in total. The van der Waals surface area contributed by atoms with Gasteiger partial charge in [0.1, 0.15) is 0 Å². The summed E-state index contributed by atoms with van der Waals surface area (Å²) < 4.78 is 36.7. The lowest BCUT2D eigenvalue weighted by Crippen LogP contribution is -2.49. The van der Waals surface area contributed by atoms with Gasteiger partial charge in [0.2, 0.25) is 0 Å². The molecule has 1 aromatic heterocycles. The summed E-state index contributed by atoms with van der Waals surface area (Å²) in [5.41, 5.74) is 8.11. The monoisotopic (exact) mass is 309 g/mol. The Kier molecular flexibility index (Phi) is 5.97. The van der Waals surface area contributed by atoms with Crippen molar-refractivity contribution in [2.24, 2.45) is 5.73 Å². The summed E-state index contributed by atoms with van der Waals surface area (Å²) in [7, 11) is 1.90. The maximum Gasteiger partial charge on any atom is 0.389 e. The summed E-state index contributed by atoms with van der Waals surface area (Å²) in [5, 5.41) is 0. The highest BCUT2D eigenvalue weighted by Crippen LogP contribution is 2.28. The van der Waals surface area contributed by atoms with Crippen molar-refractivity contribution < 1.29 is 13.2 Å². The summed E-state index contributed by atoms with van der Waals surface area (Å²) in [4.78, 5) is 7.34. The van der Waals surface area contributed by atoms with Crippen LogP contribution < -0.4 is 5.73 Å². The van der Waals surface area contributed by atoms with Crippen LogP contribution in [0.1, 0.15) is 36.8 Å². The second-order valence-corrected chi connectivity index (χ2v) is 6.33. The number of rotatable bonds is 7. The Balaban J connectivity index is 2.60. The molecule has 20 heavy (non-hydrogen) atoms. The van der Waals surface area contributed by atoms with Crippen molar-refractivity contribution in [3.8, 4) is 0 Å². The molecule has 0 radical (unpaired) electrons. The molecule has 0 aliphatic heterocycles. The van der Waals surface area contributed by atoms with E-state index in [2.05, 4.69) is 4.98 Å². The molecule has 0 aliphatic carbocycles. The van der Waals surface area contributed by atoms with E-state index in [1.54, 1.807) is 16.8 Å². The number of hydrogen-bond acceptors (Lipinski definition) is 4. The van der Waals surface area contributed by atoms with Crippen LogP contribution in [0, 0.1) is 6.92 Å².